The van der Waals surface area contributed by atoms with Gasteiger partial charge in [0.15, 0.2) is 10.4 Å². The monoisotopic (exact) mass is 482 g/mol. The average molecular weight is 483 g/mol. The van der Waals surface area contributed by atoms with Gasteiger partial charge in [0.05, 0.1) is 17.1 Å². The Bertz CT molecular complexity index is 1180. The van der Waals surface area contributed by atoms with Crippen LogP contribution in [0.15, 0.2) is 57.8 Å². The molecule has 0 unspecified atom stereocenters. The van der Waals surface area contributed by atoms with Crippen molar-refractivity contribution in [2.24, 2.45) is 0 Å². The molecule has 4 rings (SSSR count). The van der Waals surface area contributed by atoms with Crippen molar-refractivity contribution in [3.05, 3.63) is 53.6 Å². The van der Waals surface area contributed by atoms with Crippen LogP contribution in [0, 0.1) is 0 Å². The fourth-order valence-corrected chi connectivity index (χ4v) is 5.60. The van der Waals surface area contributed by atoms with Gasteiger partial charge in [0, 0.05) is 5.02 Å². The number of sulfonamides is 1. The van der Waals surface area contributed by atoms with Crippen LogP contribution in [0.25, 0.3) is 0 Å². The van der Waals surface area contributed by atoms with Crippen molar-refractivity contribution in [2.75, 3.05) is 22.4 Å². The van der Waals surface area contributed by atoms with Gasteiger partial charge in [0.2, 0.25) is 5.13 Å². The van der Waals surface area contributed by atoms with Gasteiger partial charge in [-0.25, -0.2) is 8.42 Å². The van der Waals surface area contributed by atoms with Crippen LogP contribution in [-0.2, 0) is 14.8 Å². The molecule has 30 heavy (non-hydrogen) atoms. The predicted octanol–water partition coefficient (Wildman–Crippen LogP) is 3.51. The topological polar surface area (TPSA) is 101 Å². The Morgan fingerprint density at radius 1 is 1.23 bits per heavy atom. The Labute approximate surface area is 186 Å². The quantitative estimate of drug-likeness (QED) is 0.438. The molecular formula is C18H15ClN4O4S3. The maximum absolute atomic E-state index is 13.3. The number of hydrogen-bond acceptors (Lipinski definition) is 8. The van der Waals surface area contributed by atoms with Gasteiger partial charge in [-0.2, -0.15) is 0 Å². The van der Waals surface area contributed by atoms with Crippen molar-refractivity contribution >= 4 is 61.4 Å². The van der Waals surface area contributed by atoms with Gasteiger partial charge in [0.25, 0.3) is 15.9 Å². The van der Waals surface area contributed by atoms with E-state index in [-0.39, 0.29) is 11.4 Å². The number of nitrogens with zero attached hydrogens (tertiary/aromatic N) is 3. The van der Waals surface area contributed by atoms with Crippen LogP contribution in [0.5, 0.6) is 5.75 Å². The van der Waals surface area contributed by atoms with Gasteiger partial charge in [-0.05, 0) is 42.7 Å². The van der Waals surface area contributed by atoms with E-state index in [1.165, 1.54) is 51.7 Å². The van der Waals surface area contributed by atoms with E-state index in [9.17, 15) is 13.2 Å². The van der Waals surface area contributed by atoms with E-state index in [4.69, 9.17) is 16.3 Å². The van der Waals surface area contributed by atoms with E-state index in [2.05, 4.69) is 15.5 Å². The summed E-state index contributed by atoms with van der Waals surface area (Å²) in [4.78, 5) is 12.9. The number of benzene rings is 2. The fourth-order valence-electron chi connectivity index (χ4n) is 2.83. The predicted molar refractivity (Wildman–Crippen MR) is 117 cm³/mol. The molecule has 3 aromatic rings. The zero-order valence-corrected chi connectivity index (χ0v) is 18.7. The van der Waals surface area contributed by atoms with Crippen LogP contribution in [0.1, 0.15) is 0 Å². The second-order valence-corrected chi connectivity index (χ2v) is 10.5. The number of anilines is 2. The normalized spacial score (nSPS) is 15.9. The zero-order valence-electron chi connectivity index (χ0n) is 15.5. The molecule has 2 aromatic carbocycles. The summed E-state index contributed by atoms with van der Waals surface area (Å²) in [6, 6.07) is 12.5. The fraction of sp³-hybridized carbons (Fsp3) is 0.167. The maximum atomic E-state index is 13.3. The minimum Gasteiger partial charge on any atom is -0.476 e. The summed E-state index contributed by atoms with van der Waals surface area (Å²) in [6.45, 7) is -0.192. The minimum atomic E-state index is -3.95. The number of thioether (sulfide) groups is 1. The first-order valence-electron chi connectivity index (χ1n) is 8.61. The third kappa shape index (κ3) is 4.10. The Balaban J connectivity index is 1.65. The number of para-hydroxylation sites is 2. The summed E-state index contributed by atoms with van der Waals surface area (Å²) in [7, 11) is -3.95. The third-order valence-corrected chi connectivity index (χ3v) is 8.10. The zero-order chi connectivity index (χ0) is 21.3. The Kier molecular flexibility index (Phi) is 5.87. The smallest absolute Gasteiger partial charge is 0.269 e. The minimum absolute atomic E-state index is 0.0662. The summed E-state index contributed by atoms with van der Waals surface area (Å²) >= 11 is 8.52. The third-order valence-electron chi connectivity index (χ3n) is 4.24. The van der Waals surface area contributed by atoms with Gasteiger partial charge in [-0.15, -0.1) is 10.2 Å². The van der Waals surface area contributed by atoms with Crippen LogP contribution < -0.4 is 14.4 Å². The summed E-state index contributed by atoms with van der Waals surface area (Å²) in [5, 5.41) is 11.2. The lowest BCUT2D eigenvalue weighted by Gasteiger charge is -2.34. The number of halogens is 1. The molecule has 0 saturated carbocycles. The second-order valence-electron chi connectivity index (χ2n) is 6.13. The molecule has 1 N–H and O–H groups in total. The SMILES string of the molecule is CSc1nnc(NC(=O)[C@@H]2CN(S(=O)(=O)c3ccc(Cl)cc3)c3ccccc3O2)s1. The summed E-state index contributed by atoms with van der Waals surface area (Å²) in [5.41, 5.74) is 0.358. The molecule has 0 saturated heterocycles. The molecule has 156 valence electrons. The standard InChI is InChI=1S/C18H15ClN4O4S3/c1-28-18-22-21-17(29-18)20-16(24)15-10-23(13-4-2-3-5-14(13)27-15)30(25,26)12-8-6-11(19)7-9-12/h2-9,15H,10H2,1H3,(H,20,21,24)/t15-/m0/s1. The summed E-state index contributed by atoms with van der Waals surface area (Å²) in [6.07, 6.45) is 0.788. The van der Waals surface area contributed by atoms with E-state index in [1.807, 2.05) is 6.26 Å². The van der Waals surface area contributed by atoms with Gasteiger partial charge < -0.3 is 4.74 Å². The van der Waals surface area contributed by atoms with E-state index in [1.54, 1.807) is 24.3 Å². The maximum Gasteiger partial charge on any atom is 0.269 e. The highest BCUT2D eigenvalue weighted by Crippen LogP contribution is 2.37. The van der Waals surface area contributed by atoms with Crippen molar-refractivity contribution in [2.45, 2.75) is 15.3 Å². The first-order valence-corrected chi connectivity index (χ1v) is 12.5. The number of carbonyl (C=O) groups is 1. The van der Waals surface area contributed by atoms with Crippen molar-refractivity contribution in [3.63, 3.8) is 0 Å². The van der Waals surface area contributed by atoms with Crippen LogP contribution in [0.4, 0.5) is 10.8 Å². The van der Waals surface area contributed by atoms with E-state index in [0.717, 1.165) is 0 Å². The summed E-state index contributed by atoms with van der Waals surface area (Å²) < 4.78 is 34.3. The molecule has 2 heterocycles. The van der Waals surface area contributed by atoms with Gasteiger partial charge >= 0.3 is 0 Å². The van der Waals surface area contributed by atoms with Crippen LogP contribution in [0.2, 0.25) is 5.02 Å². The van der Waals surface area contributed by atoms with Gasteiger partial charge in [-0.1, -0.05) is 46.8 Å². The van der Waals surface area contributed by atoms with Crippen LogP contribution in [-0.4, -0.2) is 43.4 Å². The number of carbonyl (C=O) groups excluding carboxylic acids is 1. The second kappa shape index (κ2) is 8.42. The number of rotatable bonds is 5. The molecule has 1 aromatic heterocycles. The lowest BCUT2D eigenvalue weighted by atomic mass is 10.2. The van der Waals surface area contributed by atoms with Crippen molar-refractivity contribution < 1.29 is 17.9 Å². The van der Waals surface area contributed by atoms with E-state index >= 15 is 0 Å². The van der Waals surface area contributed by atoms with Crippen LogP contribution in [0.3, 0.4) is 0 Å². The molecule has 0 aliphatic carbocycles. The van der Waals surface area contributed by atoms with Crippen molar-refractivity contribution in [1.82, 2.24) is 10.2 Å². The Morgan fingerprint density at radius 2 is 1.97 bits per heavy atom. The molecule has 8 nitrogen and oxygen atoms in total. The molecular weight excluding hydrogens is 468 g/mol. The number of hydrogen-bond donors (Lipinski definition) is 1. The first-order chi connectivity index (χ1) is 14.4. The number of fused-ring (bicyclic) bond motifs is 1. The molecule has 0 fully saturated rings. The highest BCUT2D eigenvalue weighted by atomic mass is 35.5. The van der Waals surface area contributed by atoms with Gasteiger partial charge in [-0.3, -0.25) is 14.4 Å². The highest BCUT2D eigenvalue weighted by molar-refractivity contribution is 8.00. The van der Waals surface area contributed by atoms with Crippen LogP contribution >= 0.6 is 34.7 Å². The van der Waals surface area contributed by atoms with Crippen molar-refractivity contribution in [3.8, 4) is 5.75 Å². The van der Waals surface area contributed by atoms with Gasteiger partial charge in [0.1, 0.15) is 5.75 Å². The van der Waals surface area contributed by atoms with E-state index in [0.29, 0.717) is 25.9 Å². The molecule has 12 heteroatoms. The summed E-state index contributed by atoms with van der Waals surface area (Å²) in [5.74, 6) is -0.215. The highest BCUT2D eigenvalue weighted by Gasteiger charge is 2.37. The van der Waals surface area contributed by atoms with E-state index < -0.39 is 22.0 Å². The lowest BCUT2D eigenvalue weighted by molar-refractivity contribution is -0.122. The Hall–Kier alpha value is -2.34. The number of nitrogens with one attached hydrogen (secondary N) is 1. The first kappa shape index (κ1) is 20.9. The largest absolute Gasteiger partial charge is 0.476 e. The number of amides is 1. The molecule has 1 aliphatic heterocycles. The molecule has 0 spiro atoms. The molecule has 0 bridgehead atoms. The molecule has 0 radical (unpaired) electrons. The lowest BCUT2D eigenvalue weighted by Crippen LogP contribution is -2.48. The molecule has 1 atom stereocenters. The Morgan fingerprint density at radius 3 is 2.67 bits per heavy atom. The number of ether oxygens (including phenoxy) is 1. The molecule has 1 amide bonds. The number of aromatic nitrogens is 2. The van der Waals surface area contributed by atoms with Crippen molar-refractivity contribution in [1.29, 1.82) is 0 Å². The average Bonchev–Trinajstić information content (AvgIpc) is 3.20. The molecule has 1 aliphatic rings.